The zero-order valence-corrected chi connectivity index (χ0v) is 12.2. The van der Waals surface area contributed by atoms with Crippen molar-refractivity contribution in [1.82, 2.24) is 5.32 Å². The fraction of sp³-hybridized carbons (Fsp3) is 0.562. The molecule has 4 heteroatoms. The van der Waals surface area contributed by atoms with Crippen molar-refractivity contribution in [1.29, 1.82) is 0 Å². The van der Waals surface area contributed by atoms with E-state index in [4.69, 9.17) is 4.74 Å². The highest BCUT2D eigenvalue weighted by Crippen LogP contribution is 2.25. The Morgan fingerprint density at radius 2 is 2.00 bits per heavy atom. The van der Waals surface area contributed by atoms with E-state index in [0.29, 0.717) is 25.3 Å². The van der Waals surface area contributed by atoms with Crippen molar-refractivity contribution < 1.29 is 14.6 Å². The normalized spacial score (nSPS) is 14.2. The van der Waals surface area contributed by atoms with Crippen LogP contribution in [-0.2, 0) is 18.0 Å². The summed E-state index contributed by atoms with van der Waals surface area (Å²) in [6, 6.07) is 5.69. The summed E-state index contributed by atoms with van der Waals surface area (Å²) < 4.78 is 5.35. The Balaban J connectivity index is 2.02. The second kappa shape index (κ2) is 6.37. The van der Waals surface area contributed by atoms with Crippen LogP contribution in [0.3, 0.4) is 0 Å². The Morgan fingerprint density at radius 1 is 1.30 bits per heavy atom. The number of nitrogens with one attached hydrogen (secondary N) is 1. The van der Waals surface area contributed by atoms with E-state index in [1.807, 2.05) is 32.0 Å². The molecule has 20 heavy (non-hydrogen) atoms. The van der Waals surface area contributed by atoms with Gasteiger partial charge in [-0.1, -0.05) is 19.9 Å². The van der Waals surface area contributed by atoms with Crippen molar-refractivity contribution in [3.05, 3.63) is 34.9 Å². The van der Waals surface area contributed by atoms with Crippen LogP contribution in [0, 0.1) is 5.41 Å². The molecule has 1 amide bonds. The summed E-state index contributed by atoms with van der Waals surface area (Å²) in [4.78, 5) is 12.2. The molecule has 0 atom stereocenters. The van der Waals surface area contributed by atoms with Crippen molar-refractivity contribution in [3.8, 4) is 0 Å². The molecule has 4 nitrogen and oxygen atoms in total. The van der Waals surface area contributed by atoms with E-state index in [0.717, 1.165) is 24.0 Å². The third kappa shape index (κ3) is 3.02. The molecule has 110 valence electrons. The van der Waals surface area contributed by atoms with E-state index in [1.165, 1.54) is 0 Å². The molecular formula is C16H23NO3. The average molecular weight is 277 g/mol. The second-order valence-corrected chi connectivity index (χ2v) is 5.52. The van der Waals surface area contributed by atoms with Crippen LogP contribution in [0.2, 0.25) is 0 Å². The summed E-state index contributed by atoms with van der Waals surface area (Å²) in [5.41, 5.74) is 2.70. The molecule has 0 fully saturated rings. The predicted molar refractivity (Wildman–Crippen MR) is 77.4 cm³/mol. The van der Waals surface area contributed by atoms with E-state index in [2.05, 4.69) is 5.32 Å². The number of benzene rings is 1. The Bertz CT molecular complexity index is 472. The minimum atomic E-state index is -0.213. The van der Waals surface area contributed by atoms with Crippen LogP contribution in [0.15, 0.2) is 18.2 Å². The molecule has 2 N–H and O–H groups in total. The second-order valence-electron chi connectivity index (χ2n) is 5.52. The SMILES string of the molecule is CCC(CC)(CO)CNC(=O)c1ccc2c(c1)COC2. The Kier molecular flexibility index (Phi) is 4.78. The number of amides is 1. The van der Waals surface area contributed by atoms with Gasteiger partial charge >= 0.3 is 0 Å². The molecule has 0 radical (unpaired) electrons. The zero-order valence-electron chi connectivity index (χ0n) is 12.2. The van der Waals surface area contributed by atoms with Gasteiger partial charge in [0.1, 0.15) is 0 Å². The molecule has 1 aliphatic heterocycles. The molecular weight excluding hydrogens is 254 g/mol. The van der Waals surface area contributed by atoms with Gasteiger partial charge in [-0.15, -0.1) is 0 Å². The molecule has 2 rings (SSSR count). The van der Waals surface area contributed by atoms with Crippen LogP contribution < -0.4 is 5.32 Å². The van der Waals surface area contributed by atoms with Gasteiger partial charge in [-0.2, -0.15) is 0 Å². The molecule has 0 spiro atoms. The van der Waals surface area contributed by atoms with Crippen LogP contribution in [0.5, 0.6) is 0 Å². The lowest BCUT2D eigenvalue weighted by Gasteiger charge is -2.29. The number of fused-ring (bicyclic) bond motifs is 1. The smallest absolute Gasteiger partial charge is 0.251 e. The summed E-state index contributed by atoms with van der Waals surface area (Å²) in [6.07, 6.45) is 1.69. The summed E-state index contributed by atoms with van der Waals surface area (Å²) in [6.45, 7) is 5.90. The maximum atomic E-state index is 12.2. The van der Waals surface area contributed by atoms with Gasteiger partial charge in [-0.3, -0.25) is 4.79 Å². The summed E-state index contributed by atoms with van der Waals surface area (Å²) in [5, 5.41) is 12.5. The molecule has 1 aromatic rings. The Hall–Kier alpha value is -1.39. The van der Waals surface area contributed by atoms with Crippen LogP contribution in [0.1, 0.15) is 48.2 Å². The Labute approximate surface area is 120 Å². The summed E-state index contributed by atoms with van der Waals surface area (Å²) in [7, 11) is 0. The molecule has 0 saturated carbocycles. The van der Waals surface area contributed by atoms with Gasteiger partial charge in [0.2, 0.25) is 0 Å². The minimum absolute atomic E-state index is 0.0839. The van der Waals surface area contributed by atoms with Crippen molar-refractivity contribution in [2.75, 3.05) is 13.2 Å². The van der Waals surface area contributed by atoms with Crippen molar-refractivity contribution >= 4 is 5.91 Å². The molecule has 0 saturated heterocycles. The Morgan fingerprint density at radius 3 is 2.65 bits per heavy atom. The fourth-order valence-corrected chi connectivity index (χ4v) is 2.46. The van der Waals surface area contributed by atoms with E-state index in [1.54, 1.807) is 0 Å². The molecule has 1 aliphatic rings. The summed E-state index contributed by atoms with van der Waals surface area (Å²) in [5.74, 6) is -0.0839. The highest BCUT2D eigenvalue weighted by molar-refractivity contribution is 5.94. The number of ether oxygens (including phenoxy) is 1. The molecule has 1 heterocycles. The lowest BCUT2D eigenvalue weighted by atomic mass is 9.83. The number of hydrogen-bond donors (Lipinski definition) is 2. The van der Waals surface area contributed by atoms with Crippen LogP contribution in [0.4, 0.5) is 0 Å². The average Bonchev–Trinajstić information content (AvgIpc) is 2.96. The van der Waals surface area contributed by atoms with Crippen molar-refractivity contribution in [3.63, 3.8) is 0 Å². The van der Waals surface area contributed by atoms with Gasteiger partial charge in [-0.05, 0) is 36.1 Å². The topological polar surface area (TPSA) is 58.6 Å². The first-order valence-electron chi connectivity index (χ1n) is 7.22. The number of aliphatic hydroxyl groups is 1. The quantitative estimate of drug-likeness (QED) is 0.838. The van der Waals surface area contributed by atoms with Gasteiger partial charge in [0, 0.05) is 17.5 Å². The van der Waals surface area contributed by atoms with E-state index < -0.39 is 0 Å². The first-order valence-corrected chi connectivity index (χ1v) is 7.22. The maximum Gasteiger partial charge on any atom is 0.251 e. The van der Waals surface area contributed by atoms with Crippen molar-refractivity contribution in [2.24, 2.45) is 5.41 Å². The zero-order chi connectivity index (χ0) is 14.6. The lowest BCUT2D eigenvalue weighted by Crippen LogP contribution is -2.39. The lowest BCUT2D eigenvalue weighted by molar-refractivity contribution is 0.0851. The summed E-state index contributed by atoms with van der Waals surface area (Å²) >= 11 is 0. The largest absolute Gasteiger partial charge is 0.396 e. The number of carbonyl (C=O) groups excluding carboxylic acids is 1. The minimum Gasteiger partial charge on any atom is -0.396 e. The third-order valence-corrected chi connectivity index (χ3v) is 4.44. The highest BCUT2D eigenvalue weighted by atomic mass is 16.5. The molecule has 0 aliphatic carbocycles. The first kappa shape index (κ1) is 15.0. The monoisotopic (exact) mass is 277 g/mol. The number of rotatable bonds is 6. The number of carbonyl (C=O) groups is 1. The molecule has 0 bridgehead atoms. The van der Waals surface area contributed by atoms with Crippen LogP contribution in [0.25, 0.3) is 0 Å². The third-order valence-electron chi connectivity index (χ3n) is 4.44. The van der Waals surface area contributed by atoms with Crippen molar-refractivity contribution in [2.45, 2.75) is 39.9 Å². The fourth-order valence-electron chi connectivity index (χ4n) is 2.46. The molecule has 1 aromatic carbocycles. The highest BCUT2D eigenvalue weighted by Gasteiger charge is 2.26. The van der Waals surface area contributed by atoms with Crippen LogP contribution >= 0.6 is 0 Å². The number of hydrogen-bond acceptors (Lipinski definition) is 3. The van der Waals surface area contributed by atoms with E-state index in [9.17, 15) is 9.90 Å². The van der Waals surface area contributed by atoms with E-state index in [-0.39, 0.29) is 17.9 Å². The standard InChI is InChI=1S/C16H23NO3/c1-3-16(4-2,11-18)10-17-15(19)12-5-6-13-8-20-9-14(13)7-12/h5-7,18H,3-4,8-11H2,1-2H3,(H,17,19). The van der Waals surface area contributed by atoms with Gasteiger partial charge in [0.15, 0.2) is 0 Å². The maximum absolute atomic E-state index is 12.2. The first-order chi connectivity index (χ1) is 9.64. The van der Waals surface area contributed by atoms with Crippen LogP contribution in [-0.4, -0.2) is 24.2 Å². The molecule has 0 unspecified atom stereocenters. The predicted octanol–water partition coefficient (Wildman–Crippen LogP) is 2.25. The van der Waals surface area contributed by atoms with Gasteiger partial charge < -0.3 is 15.2 Å². The van der Waals surface area contributed by atoms with Gasteiger partial charge in [0.05, 0.1) is 19.8 Å². The van der Waals surface area contributed by atoms with E-state index >= 15 is 0 Å². The van der Waals surface area contributed by atoms with Gasteiger partial charge in [-0.25, -0.2) is 0 Å². The molecule has 0 aromatic heterocycles. The van der Waals surface area contributed by atoms with Gasteiger partial charge in [0.25, 0.3) is 5.91 Å². The number of aliphatic hydroxyl groups excluding tert-OH is 1.